The maximum atomic E-state index is 12.7. The van der Waals surface area contributed by atoms with Gasteiger partial charge in [-0.2, -0.15) is 0 Å². The molecular formula is C19H23NO2S3. The van der Waals surface area contributed by atoms with E-state index < -0.39 is 21.1 Å². The zero-order valence-corrected chi connectivity index (χ0v) is 17.0. The molecule has 1 aliphatic rings. The van der Waals surface area contributed by atoms with Crippen LogP contribution >= 0.6 is 11.8 Å². The van der Waals surface area contributed by atoms with E-state index in [1.165, 1.54) is 11.1 Å². The van der Waals surface area contributed by atoms with Crippen LogP contribution in [0, 0.1) is 13.8 Å². The minimum atomic E-state index is -3.59. The highest BCUT2D eigenvalue weighted by atomic mass is 32.3. The molecule has 1 fully saturated rings. The minimum absolute atomic E-state index is 0.245. The second kappa shape index (κ2) is 8.16. The van der Waals surface area contributed by atoms with Crippen LogP contribution in [0.4, 0.5) is 0 Å². The number of benzene rings is 2. The highest BCUT2D eigenvalue weighted by Gasteiger charge is 2.31. The monoisotopic (exact) mass is 393 g/mol. The van der Waals surface area contributed by atoms with Crippen molar-refractivity contribution in [2.75, 3.05) is 11.5 Å². The van der Waals surface area contributed by atoms with Crippen molar-refractivity contribution in [3.05, 3.63) is 69.3 Å². The number of hydrogen-bond acceptors (Lipinski definition) is 3. The number of hydrogen-bond donors (Lipinski definition) is 0. The van der Waals surface area contributed by atoms with Crippen LogP contribution in [0.2, 0.25) is 0 Å². The van der Waals surface area contributed by atoms with Crippen LogP contribution in [0.1, 0.15) is 23.1 Å². The Balaban J connectivity index is 1.77. The normalized spacial score (nSPS) is 21.2. The van der Waals surface area contributed by atoms with Gasteiger partial charge in [-0.15, -0.1) is 11.8 Å². The average Bonchev–Trinajstić information content (AvgIpc) is 2.59. The maximum Gasteiger partial charge on any atom is 0.156 e. The van der Waals surface area contributed by atoms with Gasteiger partial charge in [0.2, 0.25) is 0 Å². The fourth-order valence-corrected chi connectivity index (χ4v) is 8.94. The van der Waals surface area contributed by atoms with Crippen molar-refractivity contribution in [2.24, 2.45) is 0 Å². The molecule has 0 spiro atoms. The molecule has 134 valence electrons. The van der Waals surface area contributed by atoms with E-state index in [9.17, 15) is 8.42 Å². The summed E-state index contributed by atoms with van der Waals surface area (Å²) in [5, 5.41) is 0. The van der Waals surface area contributed by atoms with E-state index in [1.54, 1.807) is 12.1 Å². The van der Waals surface area contributed by atoms with Gasteiger partial charge in [-0.3, -0.25) is 0 Å². The largest absolute Gasteiger partial charge is 0.311 e. The molecular weight excluding hydrogens is 370 g/mol. The second-order valence-corrected chi connectivity index (χ2v) is 11.7. The Kier molecular flexibility index (Phi) is 6.15. The van der Waals surface area contributed by atoms with E-state index in [-0.39, 0.29) is 4.58 Å². The van der Waals surface area contributed by atoms with Gasteiger partial charge in [0.1, 0.15) is 10.0 Å². The highest BCUT2D eigenvalue weighted by molar-refractivity contribution is 8.23. The van der Waals surface area contributed by atoms with Crippen molar-refractivity contribution in [2.45, 2.75) is 36.2 Å². The Morgan fingerprint density at radius 2 is 1.84 bits per heavy atom. The molecule has 0 saturated carbocycles. The molecule has 3 rings (SSSR count). The summed E-state index contributed by atoms with van der Waals surface area (Å²) >= 11 is 1.40. The summed E-state index contributed by atoms with van der Waals surface area (Å²) in [4.78, 5) is 0.302. The van der Waals surface area contributed by atoms with Crippen LogP contribution < -0.4 is 0 Å². The Labute approximate surface area is 158 Å². The van der Waals surface area contributed by atoms with Gasteiger partial charge < -0.3 is 4.13 Å². The Hall–Kier alpha value is -0.950. The zero-order valence-electron chi connectivity index (χ0n) is 14.5. The molecule has 1 unspecified atom stereocenters. The Morgan fingerprint density at radius 1 is 1.12 bits per heavy atom. The lowest BCUT2D eigenvalue weighted by Crippen LogP contribution is -2.29. The molecule has 1 aliphatic heterocycles. The first-order valence-corrected chi connectivity index (χ1v) is 12.3. The van der Waals surface area contributed by atoms with Crippen LogP contribution in [0.25, 0.3) is 4.13 Å². The third-order valence-electron chi connectivity index (χ3n) is 4.27. The van der Waals surface area contributed by atoms with Crippen LogP contribution in [0.5, 0.6) is 0 Å². The number of nitrogens with zero attached hydrogens (tertiary/aromatic N) is 1. The second-order valence-electron chi connectivity index (χ2n) is 6.25. The molecule has 0 aromatic heterocycles. The van der Waals surface area contributed by atoms with Crippen LogP contribution in [-0.4, -0.2) is 24.5 Å². The van der Waals surface area contributed by atoms with E-state index >= 15 is 0 Å². The molecule has 0 amide bonds. The first-order chi connectivity index (χ1) is 12.0. The molecule has 2 aromatic rings. The Morgan fingerprint density at radius 3 is 2.56 bits per heavy atom. The topological polar surface area (TPSA) is 48.2 Å². The van der Waals surface area contributed by atoms with Gasteiger partial charge in [0.15, 0.2) is 4.58 Å². The lowest BCUT2D eigenvalue weighted by molar-refractivity contribution is 0.604. The number of rotatable bonds is 5. The molecule has 1 saturated heterocycles. The minimum Gasteiger partial charge on any atom is -0.311 e. The van der Waals surface area contributed by atoms with Crippen molar-refractivity contribution < 1.29 is 8.42 Å². The molecule has 6 heteroatoms. The first-order valence-electron chi connectivity index (χ1n) is 8.36. The van der Waals surface area contributed by atoms with Crippen molar-refractivity contribution >= 4 is 32.9 Å². The van der Waals surface area contributed by atoms with Crippen molar-refractivity contribution in [3.8, 4) is 0 Å². The summed E-state index contributed by atoms with van der Waals surface area (Å²) in [6, 6.07) is 15.3. The molecule has 0 N–H and O–H groups in total. The molecule has 0 aliphatic carbocycles. The summed E-state index contributed by atoms with van der Waals surface area (Å²) < 4.78 is 30.0. The molecule has 0 bridgehead atoms. The summed E-state index contributed by atoms with van der Waals surface area (Å²) in [6.45, 7) is 4.06. The molecule has 25 heavy (non-hydrogen) atoms. The van der Waals surface area contributed by atoms with Crippen LogP contribution in [0.15, 0.2) is 53.4 Å². The van der Waals surface area contributed by atoms with E-state index in [1.807, 2.05) is 43.0 Å². The van der Waals surface area contributed by atoms with Gasteiger partial charge in [-0.1, -0.05) is 53.0 Å². The standard InChI is InChI=1S/C19H23NO2S3/c1-15-8-10-18(11-9-15)25(21,22)20-24-13-5-12-23-19(24)14-17-7-4-3-6-16(17)2/h3-4,6-11,19H,5,12-14H2,1-2H3/t19-,24?/m1/s1. The summed E-state index contributed by atoms with van der Waals surface area (Å²) in [6.07, 6.45) is 1.92. The number of thioether (sulfide) groups is 1. The lowest BCUT2D eigenvalue weighted by atomic mass is 10.1. The third kappa shape index (κ3) is 4.82. The smallest absolute Gasteiger partial charge is 0.156 e. The van der Waals surface area contributed by atoms with E-state index in [0.29, 0.717) is 4.90 Å². The van der Waals surface area contributed by atoms with Gasteiger partial charge in [0.05, 0.1) is 10.6 Å². The molecule has 1 heterocycles. The van der Waals surface area contributed by atoms with E-state index in [4.69, 9.17) is 0 Å². The highest BCUT2D eigenvalue weighted by Crippen LogP contribution is 2.36. The SMILES string of the molecule is Cc1ccc(S(=O)(=O)[N-][S+]2CCCS[C@H]2Cc2ccccc2C)cc1. The van der Waals surface area contributed by atoms with Gasteiger partial charge >= 0.3 is 0 Å². The van der Waals surface area contributed by atoms with Gasteiger partial charge in [0.25, 0.3) is 0 Å². The Bertz CT molecular complexity index is 819. The van der Waals surface area contributed by atoms with Crippen LogP contribution in [0.3, 0.4) is 0 Å². The predicted octanol–water partition coefficient (Wildman–Crippen LogP) is 4.60. The van der Waals surface area contributed by atoms with Crippen molar-refractivity contribution in [1.29, 1.82) is 0 Å². The van der Waals surface area contributed by atoms with Crippen molar-refractivity contribution in [3.63, 3.8) is 0 Å². The molecule has 2 aromatic carbocycles. The molecule has 0 radical (unpaired) electrons. The molecule has 2 atom stereocenters. The summed E-state index contributed by atoms with van der Waals surface area (Å²) in [5.74, 6) is 1.95. The third-order valence-corrected chi connectivity index (χ3v) is 10.3. The summed E-state index contributed by atoms with van der Waals surface area (Å²) in [5.41, 5.74) is 3.60. The average molecular weight is 394 g/mol. The number of sulfonamides is 1. The number of aryl methyl sites for hydroxylation is 2. The zero-order chi connectivity index (χ0) is 17.9. The van der Waals surface area contributed by atoms with Gasteiger partial charge in [0, 0.05) is 18.6 Å². The van der Waals surface area contributed by atoms with Crippen LogP contribution in [-0.2, 0) is 27.5 Å². The fraction of sp³-hybridized carbons (Fsp3) is 0.368. The summed E-state index contributed by atoms with van der Waals surface area (Å²) in [7, 11) is -3.59. The predicted molar refractivity (Wildman–Crippen MR) is 110 cm³/mol. The lowest BCUT2D eigenvalue weighted by Gasteiger charge is -2.31. The van der Waals surface area contributed by atoms with E-state index in [2.05, 4.69) is 23.2 Å². The molecule has 3 nitrogen and oxygen atoms in total. The van der Waals surface area contributed by atoms with Crippen molar-refractivity contribution in [1.82, 2.24) is 0 Å². The van der Waals surface area contributed by atoms with Gasteiger partial charge in [-0.05, 0) is 37.1 Å². The van der Waals surface area contributed by atoms with Gasteiger partial charge in [-0.25, -0.2) is 8.42 Å². The maximum absolute atomic E-state index is 12.7. The van der Waals surface area contributed by atoms with E-state index in [0.717, 1.165) is 29.9 Å². The fourth-order valence-electron chi connectivity index (χ4n) is 2.77. The first kappa shape index (κ1) is 18.8. The quantitative estimate of drug-likeness (QED) is 0.697.